The number of benzene rings is 2. The Labute approximate surface area is 120 Å². The van der Waals surface area contributed by atoms with Gasteiger partial charge in [0.05, 0.1) is 0 Å². The lowest BCUT2D eigenvalue weighted by Crippen LogP contribution is -2.05. The first kappa shape index (κ1) is 13.4. The monoisotopic (exact) mass is 268 g/mol. The molecule has 0 heterocycles. The van der Waals surface area contributed by atoms with Gasteiger partial charge in [-0.2, -0.15) is 0 Å². The molecule has 0 spiro atoms. The van der Waals surface area contributed by atoms with Crippen LogP contribution < -0.4 is 0 Å². The fourth-order valence-electron chi connectivity index (χ4n) is 3.19. The Hall–Kier alpha value is -1.63. The predicted molar refractivity (Wildman–Crippen MR) is 82.4 cm³/mol. The van der Waals surface area contributed by atoms with Crippen molar-refractivity contribution >= 4 is 0 Å². The molecule has 0 radical (unpaired) electrons. The van der Waals surface area contributed by atoms with E-state index in [9.17, 15) is 4.39 Å². The largest absolute Gasteiger partial charge is 0.206 e. The van der Waals surface area contributed by atoms with Crippen LogP contribution in [-0.4, -0.2) is 0 Å². The lowest BCUT2D eigenvalue weighted by molar-refractivity contribution is 0.442. The van der Waals surface area contributed by atoms with Crippen LogP contribution in [0.25, 0.3) is 11.1 Å². The van der Waals surface area contributed by atoms with E-state index in [1.165, 1.54) is 43.2 Å². The molecule has 1 aliphatic carbocycles. The van der Waals surface area contributed by atoms with E-state index < -0.39 is 0 Å². The van der Waals surface area contributed by atoms with Crippen LogP contribution in [0.2, 0.25) is 0 Å². The van der Waals surface area contributed by atoms with Crippen molar-refractivity contribution in [1.82, 2.24) is 0 Å². The molecule has 2 aromatic rings. The molecular formula is C19H21F. The fourth-order valence-corrected chi connectivity index (χ4v) is 3.19. The third-order valence-corrected chi connectivity index (χ3v) is 4.43. The molecule has 0 bridgehead atoms. The van der Waals surface area contributed by atoms with Gasteiger partial charge in [-0.05, 0) is 42.9 Å². The van der Waals surface area contributed by atoms with Gasteiger partial charge in [0.2, 0.25) is 0 Å². The maximum absolute atomic E-state index is 14.4. The average molecular weight is 268 g/mol. The van der Waals surface area contributed by atoms with Gasteiger partial charge in [-0.3, -0.25) is 0 Å². The van der Waals surface area contributed by atoms with Gasteiger partial charge < -0.3 is 0 Å². The quantitative estimate of drug-likeness (QED) is 0.641. The minimum Gasteiger partial charge on any atom is -0.206 e. The van der Waals surface area contributed by atoms with E-state index in [2.05, 4.69) is 6.07 Å². The van der Waals surface area contributed by atoms with Crippen molar-refractivity contribution in [2.45, 2.75) is 44.9 Å². The maximum Gasteiger partial charge on any atom is 0.131 e. The zero-order valence-corrected chi connectivity index (χ0v) is 12.0. The van der Waals surface area contributed by atoms with Gasteiger partial charge in [-0.1, -0.05) is 61.2 Å². The van der Waals surface area contributed by atoms with Gasteiger partial charge in [0, 0.05) is 5.56 Å². The molecule has 0 amide bonds. The third-order valence-electron chi connectivity index (χ3n) is 4.43. The average Bonchev–Trinajstić information content (AvgIpc) is 2.49. The first-order valence-electron chi connectivity index (χ1n) is 7.60. The van der Waals surface area contributed by atoms with Crippen LogP contribution in [0.5, 0.6) is 0 Å². The minimum atomic E-state index is -0.0862. The summed E-state index contributed by atoms with van der Waals surface area (Å²) in [5.74, 6) is 0.474. The predicted octanol–water partition coefficient (Wildman–Crippen LogP) is 5.85. The minimum absolute atomic E-state index is 0.0862. The molecule has 0 aliphatic heterocycles. The second-order valence-electron chi connectivity index (χ2n) is 5.94. The highest BCUT2D eigenvalue weighted by Crippen LogP contribution is 2.34. The summed E-state index contributed by atoms with van der Waals surface area (Å²) in [5, 5.41) is 0. The van der Waals surface area contributed by atoms with Gasteiger partial charge in [0.25, 0.3) is 0 Å². The summed E-state index contributed by atoms with van der Waals surface area (Å²) >= 11 is 0. The molecule has 0 atom stereocenters. The van der Waals surface area contributed by atoms with Crippen LogP contribution in [0.1, 0.15) is 49.1 Å². The molecule has 0 saturated heterocycles. The van der Waals surface area contributed by atoms with Gasteiger partial charge in [0.15, 0.2) is 0 Å². The second-order valence-corrected chi connectivity index (χ2v) is 5.94. The van der Waals surface area contributed by atoms with Gasteiger partial charge in [-0.15, -0.1) is 0 Å². The third kappa shape index (κ3) is 2.77. The highest BCUT2D eigenvalue weighted by atomic mass is 19.1. The van der Waals surface area contributed by atoms with Crippen LogP contribution >= 0.6 is 0 Å². The fraction of sp³-hybridized carbons (Fsp3) is 0.368. The second kappa shape index (κ2) is 5.78. The summed E-state index contributed by atoms with van der Waals surface area (Å²) in [4.78, 5) is 0. The number of halogens is 1. The molecule has 0 N–H and O–H groups in total. The van der Waals surface area contributed by atoms with Crippen molar-refractivity contribution < 1.29 is 4.39 Å². The molecule has 0 aromatic heterocycles. The number of aryl methyl sites for hydroxylation is 1. The molecule has 0 nitrogen and oxygen atoms in total. The summed E-state index contributed by atoms with van der Waals surface area (Å²) in [6.07, 6.45) is 6.32. The van der Waals surface area contributed by atoms with E-state index in [1.807, 2.05) is 37.3 Å². The molecule has 1 saturated carbocycles. The van der Waals surface area contributed by atoms with Gasteiger partial charge >= 0.3 is 0 Å². The zero-order valence-electron chi connectivity index (χ0n) is 12.0. The van der Waals surface area contributed by atoms with Crippen LogP contribution in [0, 0.1) is 12.7 Å². The summed E-state index contributed by atoms with van der Waals surface area (Å²) in [6, 6.07) is 13.9. The van der Waals surface area contributed by atoms with Gasteiger partial charge in [0.1, 0.15) is 5.82 Å². The summed E-state index contributed by atoms with van der Waals surface area (Å²) in [5.41, 5.74) is 4.05. The van der Waals surface area contributed by atoms with Crippen molar-refractivity contribution in [3.05, 3.63) is 59.4 Å². The summed E-state index contributed by atoms with van der Waals surface area (Å²) in [6.45, 7) is 2.05. The Morgan fingerprint density at radius 3 is 2.25 bits per heavy atom. The van der Waals surface area contributed by atoms with Gasteiger partial charge in [-0.25, -0.2) is 4.39 Å². The highest BCUT2D eigenvalue weighted by molar-refractivity contribution is 5.64. The van der Waals surface area contributed by atoms with Crippen molar-refractivity contribution in [3.8, 4) is 11.1 Å². The molecule has 1 aliphatic rings. The normalized spacial score (nSPS) is 16.3. The van der Waals surface area contributed by atoms with Crippen LogP contribution in [0.4, 0.5) is 4.39 Å². The van der Waals surface area contributed by atoms with E-state index in [0.29, 0.717) is 11.5 Å². The smallest absolute Gasteiger partial charge is 0.131 e. The molecule has 104 valence electrons. The molecule has 0 unspecified atom stereocenters. The number of hydrogen-bond acceptors (Lipinski definition) is 0. The van der Waals surface area contributed by atoms with Crippen molar-refractivity contribution in [3.63, 3.8) is 0 Å². The Balaban J connectivity index is 1.88. The van der Waals surface area contributed by atoms with Crippen molar-refractivity contribution in [2.24, 2.45) is 0 Å². The van der Waals surface area contributed by atoms with Crippen LogP contribution in [0.15, 0.2) is 42.5 Å². The highest BCUT2D eigenvalue weighted by Gasteiger charge is 2.17. The summed E-state index contributed by atoms with van der Waals surface area (Å²) in [7, 11) is 0. The zero-order chi connectivity index (χ0) is 13.9. The Kier molecular flexibility index (Phi) is 3.86. The molecule has 1 fully saturated rings. The molecule has 20 heavy (non-hydrogen) atoms. The van der Waals surface area contributed by atoms with Crippen LogP contribution in [0.3, 0.4) is 0 Å². The number of rotatable bonds is 2. The standard InChI is InChI=1S/C19H21F/c1-14-7-9-16(10-8-14)18-12-11-17(13-19(18)20)15-5-3-2-4-6-15/h7-13,15H,2-6H2,1H3. The maximum atomic E-state index is 14.4. The van der Waals surface area contributed by atoms with E-state index in [-0.39, 0.29) is 5.82 Å². The Bertz CT molecular complexity index is 577. The SMILES string of the molecule is Cc1ccc(-c2ccc(C3CCCCC3)cc2F)cc1. The lowest BCUT2D eigenvalue weighted by atomic mass is 9.83. The van der Waals surface area contributed by atoms with Crippen LogP contribution in [-0.2, 0) is 0 Å². The Morgan fingerprint density at radius 2 is 1.60 bits per heavy atom. The van der Waals surface area contributed by atoms with E-state index in [1.54, 1.807) is 6.07 Å². The first-order chi connectivity index (χ1) is 9.74. The first-order valence-corrected chi connectivity index (χ1v) is 7.60. The molecular weight excluding hydrogens is 247 g/mol. The van der Waals surface area contributed by atoms with Crippen molar-refractivity contribution in [2.75, 3.05) is 0 Å². The summed E-state index contributed by atoms with van der Waals surface area (Å²) < 4.78 is 14.4. The lowest BCUT2D eigenvalue weighted by Gasteiger charge is -2.22. The van der Waals surface area contributed by atoms with Crippen molar-refractivity contribution in [1.29, 1.82) is 0 Å². The molecule has 3 rings (SSSR count). The molecule has 1 heteroatoms. The number of hydrogen-bond donors (Lipinski definition) is 0. The molecule has 2 aromatic carbocycles. The van der Waals surface area contributed by atoms with E-state index in [4.69, 9.17) is 0 Å². The Morgan fingerprint density at radius 1 is 0.900 bits per heavy atom. The van der Waals surface area contributed by atoms with E-state index in [0.717, 1.165) is 5.56 Å². The van der Waals surface area contributed by atoms with E-state index >= 15 is 0 Å². The topological polar surface area (TPSA) is 0 Å².